The highest BCUT2D eigenvalue weighted by Crippen LogP contribution is 2.23. The number of piperidine rings is 1. The number of halogens is 2. The second kappa shape index (κ2) is 12.0. The molecule has 1 aromatic carbocycles. The van der Waals surface area contributed by atoms with Gasteiger partial charge in [0.2, 0.25) is 0 Å². The summed E-state index contributed by atoms with van der Waals surface area (Å²) in [4.78, 5) is 32.2. The number of likely N-dealkylation sites (tertiary alicyclic amines) is 1. The number of nitrogens with zero attached hydrogens (tertiary/aromatic N) is 3. The van der Waals surface area contributed by atoms with Crippen molar-refractivity contribution < 1.29 is 36.3 Å². The molecule has 1 fully saturated rings. The van der Waals surface area contributed by atoms with Gasteiger partial charge in [-0.1, -0.05) is 23.7 Å². The van der Waals surface area contributed by atoms with Gasteiger partial charge in [0, 0.05) is 6.42 Å². The lowest BCUT2D eigenvalue weighted by Gasteiger charge is -2.43. The molecule has 1 aromatic heterocycles. The fourth-order valence-electron chi connectivity index (χ4n) is 4.43. The van der Waals surface area contributed by atoms with Crippen molar-refractivity contribution in [3.05, 3.63) is 40.7 Å². The third-order valence-corrected chi connectivity index (χ3v) is 6.25. The predicted octanol–water partition coefficient (Wildman–Crippen LogP) is -1.27. The van der Waals surface area contributed by atoms with Crippen molar-refractivity contribution in [2.24, 2.45) is 0 Å². The number of benzene rings is 1. The van der Waals surface area contributed by atoms with E-state index in [-0.39, 0.29) is 47.5 Å². The lowest BCUT2D eigenvalue weighted by atomic mass is 10.0. The third-order valence-electron chi connectivity index (χ3n) is 5.98. The van der Waals surface area contributed by atoms with E-state index < -0.39 is 11.9 Å². The van der Waals surface area contributed by atoms with Gasteiger partial charge in [-0.25, -0.2) is 14.8 Å². The first-order valence-corrected chi connectivity index (χ1v) is 11.2. The monoisotopic (exact) mass is 512 g/mol. The van der Waals surface area contributed by atoms with Crippen molar-refractivity contribution in [3.63, 3.8) is 0 Å². The number of aliphatic carboxylic acids is 1. The number of carbonyl (C=O) groups is 2. The first-order chi connectivity index (χ1) is 15.7. The van der Waals surface area contributed by atoms with Gasteiger partial charge in [0.15, 0.2) is 29.0 Å². The van der Waals surface area contributed by atoms with Crippen LogP contribution in [-0.2, 0) is 11.2 Å². The van der Waals surface area contributed by atoms with Crippen LogP contribution in [0, 0.1) is 0 Å². The molecule has 0 saturated carbocycles. The molecule has 2 unspecified atom stereocenters. The molecule has 10 nitrogen and oxygen atoms in total. The van der Waals surface area contributed by atoms with E-state index in [1.165, 1.54) is 5.56 Å². The molecule has 0 bridgehead atoms. The number of nitrogens with one attached hydrogen (secondary N) is 1. The number of rotatable bonds is 9. The highest BCUT2D eigenvalue weighted by Gasteiger charge is 2.37. The van der Waals surface area contributed by atoms with Crippen LogP contribution in [0.1, 0.15) is 35.3 Å². The zero-order chi connectivity index (χ0) is 24.0. The van der Waals surface area contributed by atoms with E-state index in [0.29, 0.717) is 17.6 Å². The number of quaternary nitrogens is 1. The Morgan fingerprint density at radius 2 is 1.94 bits per heavy atom. The molecule has 0 spiro atoms. The smallest absolute Gasteiger partial charge is 0.359 e. The summed E-state index contributed by atoms with van der Waals surface area (Å²) in [5.74, 6) is -0.698. The Balaban J connectivity index is 0.00000408. The van der Waals surface area contributed by atoms with Gasteiger partial charge in [-0.05, 0) is 37.0 Å². The second-order valence-electron chi connectivity index (χ2n) is 8.42. The fraction of sp³-hybridized carbons (Fsp3) is 0.455. The molecule has 1 saturated heterocycles. The van der Waals surface area contributed by atoms with Crippen molar-refractivity contribution >= 4 is 35.1 Å². The van der Waals surface area contributed by atoms with E-state index >= 15 is 0 Å². The average molecular weight is 513 g/mol. The van der Waals surface area contributed by atoms with Gasteiger partial charge >= 0.3 is 5.97 Å². The zero-order valence-corrected chi connectivity index (χ0v) is 20.5. The number of carboxylic acids is 1. The number of ether oxygens (including phenoxy) is 1. The SMILES string of the molecule is COc1ccc(CCC[N+]2(CC(=O)O)CCCC(NC(=O)c3nc(Cl)c(N)nc3N)C2)cc1.[Cl-]. The number of hydrogen-bond acceptors (Lipinski definition) is 7. The lowest BCUT2D eigenvalue weighted by Crippen LogP contribution is -3.00. The maximum Gasteiger partial charge on any atom is 0.359 e. The van der Waals surface area contributed by atoms with Crippen LogP contribution < -0.4 is 33.9 Å². The summed E-state index contributed by atoms with van der Waals surface area (Å²) in [6.45, 7) is 1.96. The molecule has 6 N–H and O–H groups in total. The van der Waals surface area contributed by atoms with Crippen LogP contribution in [0.15, 0.2) is 24.3 Å². The Bertz CT molecular complexity index is 1010. The largest absolute Gasteiger partial charge is 1.00 e. The predicted molar refractivity (Wildman–Crippen MR) is 125 cm³/mol. The summed E-state index contributed by atoms with van der Waals surface area (Å²) in [6, 6.07) is 7.65. The van der Waals surface area contributed by atoms with Crippen LogP contribution in [0.2, 0.25) is 5.15 Å². The molecule has 0 radical (unpaired) electrons. The first-order valence-electron chi connectivity index (χ1n) is 10.8. The molecule has 34 heavy (non-hydrogen) atoms. The Kier molecular flexibility index (Phi) is 9.72. The van der Waals surface area contributed by atoms with Gasteiger partial charge in [0.25, 0.3) is 5.91 Å². The number of methoxy groups -OCH3 is 1. The number of aryl methyl sites for hydroxylation is 1. The second-order valence-corrected chi connectivity index (χ2v) is 8.78. The van der Waals surface area contributed by atoms with Gasteiger partial charge in [0.05, 0.1) is 32.8 Å². The minimum absolute atomic E-state index is 0. The van der Waals surface area contributed by atoms with Crippen molar-refractivity contribution in [3.8, 4) is 5.75 Å². The van der Waals surface area contributed by atoms with Gasteiger partial charge in [-0.3, -0.25) is 4.79 Å². The Labute approximate surface area is 209 Å². The van der Waals surface area contributed by atoms with E-state index in [4.69, 9.17) is 27.8 Å². The quantitative estimate of drug-likeness (QED) is 0.303. The molecular formula is C22H30Cl2N6O4. The van der Waals surface area contributed by atoms with Crippen LogP contribution in [-0.4, -0.2) is 70.8 Å². The number of aromatic nitrogens is 2. The standard InChI is InChI=1S/C22H29ClN6O4.ClH/c1-33-16-8-6-14(7-9-16)4-2-10-29(13-17(30)31)11-3-5-15(12-29)26-22(32)18-20(24)28-21(25)19(23)27-18;/h6-9,15H,2-5,10-13H2,1H3,(H5-,24,25,26,28,30,31,32);1H. The van der Waals surface area contributed by atoms with Gasteiger partial charge in [-0.2, -0.15) is 0 Å². The molecule has 12 heteroatoms. The Morgan fingerprint density at radius 1 is 1.24 bits per heavy atom. The van der Waals surface area contributed by atoms with Crippen molar-refractivity contribution in [2.45, 2.75) is 31.7 Å². The molecule has 3 rings (SSSR count). The van der Waals surface area contributed by atoms with E-state index in [0.717, 1.165) is 38.0 Å². The molecule has 186 valence electrons. The number of carboxylic acid groups (broad SMARTS) is 1. The maximum atomic E-state index is 12.8. The average Bonchev–Trinajstić information content (AvgIpc) is 2.76. The molecular weight excluding hydrogens is 483 g/mol. The van der Waals surface area contributed by atoms with Gasteiger partial charge in [-0.15, -0.1) is 0 Å². The number of anilines is 2. The number of carbonyl (C=O) groups excluding carboxylic acids is 1. The van der Waals surface area contributed by atoms with Crippen molar-refractivity contribution in [1.82, 2.24) is 15.3 Å². The van der Waals surface area contributed by atoms with Gasteiger partial charge < -0.3 is 43.5 Å². The van der Waals surface area contributed by atoms with Crippen LogP contribution in [0.5, 0.6) is 5.75 Å². The van der Waals surface area contributed by atoms with Gasteiger partial charge in [0.1, 0.15) is 5.75 Å². The molecule has 1 aliphatic heterocycles. The summed E-state index contributed by atoms with van der Waals surface area (Å²) in [5, 5.41) is 12.4. The van der Waals surface area contributed by atoms with Crippen LogP contribution in [0.25, 0.3) is 0 Å². The van der Waals surface area contributed by atoms with Crippen LogP contribution >= 0.6 is 11.6 Å². The summed E-state index contributed by atoms with van der Waals surface area (Å²) < 4.78 is 5.59. The number of amides is 1. The minimum Gasteiger partial charge on any atom is -1.00 e. The Hall–Kier alpha value is -2.82. The maximum absolute atomic E-state index is 12.8. The summed E-state index contributed by atoms with van der Waals surface area (Å²) in [6.07, 6.45) is 3.19. The van der Waals surface area contributed by atoms with E-state index in [9.17, 15) is 14.7 Å². The fourth-order valence-corrected chi connectivity index (χ4v) is 4.55. The topological polar surface area (TPSA) is 153 Å². The third kappa shape index (κ3) is 7.09. The van der Waals surface area contributed by atoms with Crippen LogP contribution in [0.3, 0.4) is 0 Å². The molecule has 2 heterocycles. The normalized spacial score (nSPS) is 19.6. The van der Waals surface area contributed by atoms with Crippen molar-refractivity contribution in [2.75, 3.05) is 44.8 Å². The lowest BCUT2D eigenvalue weighted by molar-refractivity contribution is -0.926. The molecule has 1 aliphatic rings. The molecule has 1 amide bonds. The highest BCUT2D eigenvalue weighted by atomic mass is 35.5. The van der Waals surface area contributed by atoms with E-state index in [2.05, 4.69) is 15.3 Å². The molecule has 0 aliphatic carbocycles. The molecule has 2 atom stereocenters. The summed E-state index contributed by atoms with van der Waals surface area (Å²) >= 11 is 5.89. The minimum atomic E-state index is -0.855. The van der Waals surface area contributed by atoms with Crippen LogP contribution in [0.4, 0.5) is 11.6 Å². The molecule has 2 aromatic rings. The summed E-state index contributed by atoms with van der Waals surface area (Å²) in [5.41, 5.74) is 12.4. The zero-order valence-electron chi connectivity index (χ0n) is 19.0. The number of nitrogen functional groups attached to an aromatic ring is 2. The number of hydrogen-bond donors (Lipinski definition) is 4. The van der Waals surface area contributed by atoms with E-state index in [1.807, 2.05) is 24.3 Å². The summed E-state index contributed by atoms with van der Waals surface area (Å²) in [7, 11) is 1.63. The van der Waals surface area contributed by atoms with E-state index in [1.54, 1.807) is 7.11 Å². The van der Waals surface area contributed by atoms with Crippen molar-refractivity contribution in [1.29, 1.82) is 0 Å². The Morgan fingerprint density at radius 3 is 2.59 bits per heavy atom. The number of nitrogens with two attached hydrogens (primary N) is 2. The first kappa shape index (κ1) is 27.4. The highest BCUT2D eigenvalue weighted by molar-refractivity contribution is 6.31.